The lowest BCUT2D eigenvalue weighted by Crippen LogP contribution is -2.16. The number of hydrogen-bond donors (Lipinski definition) is 1. The van der Waals surface area contributed by atoms with Gasteiger partial charge in [-0.05, 0) is 30.7 Å². The summed E-state index contributed by atoms with van der Waals surface area (Å²) in [6, 6.07) is 23.0. The van der Waals surface area contributed by atoms with Gasteiger partial charge in [-0.1, -0.05) is 48.5 Å². The van der Waals surface area contributed by atoms with Crippen molar-refractivity contribution < 1.29 is 14.3 Å². The van der Waals surface area contributed by atoms with Crippen molar-refractivity contribution in [1.29, 1.82) is 0 Å². The fourth-order valence-electron chi connectivity index (χ4n) is 3.61. The summed E-state index contributed by atoms with van der Waals surface area (Å²) in [7, 11) is 3.15. The molecule has 1 amide bonds. The number of amides is 1. The highest BCUT2D eigenvalue weighted by Gasteiger charge is 2.21. The fourth-order valence-corrected chi connectivity index (χ4v) is 3.61. The average molecular weight is 435 g/mol. The van der Waals surface area contributed by atoms with E-state index in [4.69, 9.17) is 9.47 Å². The minimum atomic E-state index is -0.254. The van der Waals surface area contributed by atoms with E-state index in [2.05, 4.69) is 10.3 Å². The highest BCUT2D eigenvalue weighted by Crippen LogP contribution is 2.35. The molecule has 1 heterocycles. The topological polar surface area (TPSA) is 60.5 Å². The average Bonchev–Trinajstić information content (AvgIpc) is 2.78. The van der Waals surface area contributed by atoms with Crippen LogP contribution in [-0.4, -0.2) is 25.1 Å². The van der Waals surface area contributed by atoms with Gasteiger partial charge in [0.25, 0.3) is 5.91 Å². The van der Waals surface area contributed by atoms with Crippen LogP contribution in [0.4, 0.5) is 5.69 Å². The van der Waals surface area contributed by atoms with Crippen LogP contribution in [0.3, 0.4) is 0 Å². The van der Waals surface area contributed by atoms with E-state index in [9.17, 15) is 4.79 Å². The zero-order chi connectivity index (χ0) is 21.1. The van der Waals surface area contributed by atoms with Crippen molar-refractivity contribution in [3.63, 3.8) is 0 Å². The van der Waals surface area contributed by atoms with Crippen molar-refractivity contribution in [3.05, 3.63) is 84.1 Å². The minimum absolute atomic E-state index is 0. The SMILES string of the molecule is COc1ccc(OC)c(NC(=O)c2c(C)nc3ccccc3c2-c2ccccc2)c1.Cl. The van der Waals surface area contributed by atoms with Gasteiger partial charge in [-0.25, -0.2) is 0 Å². The first-order valence-electron chi connectivity index (χ1n) is 9.60. The van der Waals surface area contributed by atoms with E-state index >= 15 is 0 Å². The highest BCUT2D eigenvalue weighted by atomic mass is 35.5. The van der Waals surface area contributed by atoms with Gasteiger partial charge < -0.3 is 14.8 Å². The monoisotopic (exact) mass is 434 g/mol. The molecule has 0 fully saturated rings. The third-order valence-corrected chi connectivity index (χ3v) is 5.02. The first-order chi connectivity index (χ1) is 14.6. The van der Waals surface area contributed by atoms with Crippen molar-refractivity contribution >= 4 is 34.9 Å². The Kier molecular flexibility index (Phi) is 6.78. The van der Waals surface area contributed by atoms with Crippen molar-refractivity contribution in [2.24, 2.45) is 0 Å². The van der Waals surface area contributed by atoms with Gasteiger partial charge in [0.15, 0.2) is 0 Å². The molecule has 1 aromatic heterocycles. The Morgan fingerprint density at radius 2 is 1.61 bits per heavy atom. The molecule has 158 valence electrons. The molecule has 0 atom stereocenters. The number of halogens is 1. The number of nitrogens with one attached hydrogen (secondary N) is 1. The van der Waals surface area contributed by atoms with Gasteiger partial charge in [0.1, 0.15) is 11.5 Å². The number of carbonyl (C=O) groups is 1. The number of aryl methyl sites for hydroxylation is 1. The van der Waals surface area contributed by atoms with Crippen LogP contribution in [0.25, 0.3) is 22.0 Å². The van der Waals surface area contributed by atoms with Crippen LogP contribution in [-0.2, 0) is 0 Å². The number of anilines is 1. The number of nitrogens with zero attached hydrogens (tertiary/aromatic N) is 1. The molecule has 5 nitrogen and oxygen atoms in total. The molecule has 0 spiro atoms. The molecule has 0 radical (unpaired) electrons. The number of fused-ring (bicyclic) bond motifs is 1. The third-order valence-electron chi connectivity index (χ3n) is 5.02. The molecule has 1 N–H and O–H groups in total. The number of ether oxygens (including phenoxy) is 2. The number of rotatable bonds is 5. The second-order valence-electron chi connectivity index (χ2n) is 6.85. The zero-order valence-corrected chi connectivity index (χ0v) is 18.3. The van der Waals surface area contributed by atoms with Crippen LogP contribution in [0.1, 0.15) is 16.1 Å². The Balaban J connectivity index is 0.00000272. The van der Waals surface area contributed by atoms with E-state index in [-0.39, 0.29) is 18.3 Å². The molecular formula is C25H23ClN2O3. The van der Waals surface area contributed by atoms with Gasteiger partial charge in [0.05, 0.1) is 36.7 Å². The number of benzene rings is 3. The Bertz CT molecular complexity index is 1230. The van der Waals surface area contributed by atoms with Crippen molar-refractivity contribution in [2.75, 3.05) is 19.5 Å². The van der Waals surface area contributed by atoms with E-state index in [1.165, 1.54) is 0 Å². The third kappa shape index (κ3) is 4.32. The molecule has 31 heavy (non-hydrogen) atoms. The lowest BCUT2D eigenvalue weighted by atomic mass is 9.94. The summed E-state index contributed by atoms with van der Waals surface area (Å²) < 4.78 is 10.7. The van der Waals surface area contributed by atoms with E-state index in [1.807, 2.05) is 61.5 Å². The normalized spacial score (nSPS) is 10.3. The van der Waals surface area contributed by atoms with E-state index in [0.29, 0.717) is 28.4 Å². The fraction of sp³-hybridized carbons (Fsp3) is 0.120. The maximum atomic E-state index is 13.5. The van der Waals surface area contributed by atoms with E-state index < -0.39 is 0 Å². The van der Waals surface area contributed by atoms with Gasteiger partial charge in [0.2, 0.25) is 0 Å². The number of pyridine rings is 1. The Morgan fingerprint density at radius 3 is 2.32 bits per heavy atom. The summed E-state index contributed by atoms with van der Waals surface area (Å²) in [4.78, 5) is 18.2. The van der Waals surface area contributed by atoms with Crippen LogP contribution in [0.15, 0.2) is 72.8 Å². The Morgan fingerprint density at radius 1 is 0.903 bits per heavy atom. The van der Waals surface area contributed by atoms with E-state index in [1.54, 1.807) is 32.4 Å². The second kappa shape index (κ2) is 9.49. The molecule has 6 heteroatoms. The summed E-state index contributed by atoms with van der Waals surface area (Å²) in [6.07, 6.45) is 0. The van der Waals surface area contributed by atoms with Gasteiger partial charge in [-0.2, -0.15) is 0 Å². The van der Waals surface area contributed by atoms with Gasteiger partial charge in [-0.3, -0.25) is 9.78 Å². The maximum Gasteiger partial charge on any atom is 0.258 e. The lowest BCUT2D eigenvalue weighted by molar-refractivity contribution is 0.102. The van der Waals surface area contributed by atoms with Crippen LogP contribution in [0.5, 0.6) is 11.5 Å². The number of hydrogen-bond acceptors (Lipinski definition) is 4. The predicted octanol–water partition coefficient (Wildman–Crippen LogP) is 5.90. The molecule has 0 aliphatic carbocycles. The number of para-hydroxylation sites is 1. The van der Waals surface area contributed by atoms with Crippen molar-refractivity contribution in [3.8, 4) is 22.6 Å². The number of carbonyl (C=O) groups excluding carboxylic acids is 1. The molecule has 4 aromatic rings. The molecule has 3 aromatic carbocycles. The molecule has 0 aliphatic heterocycles. The quantitative estimate of drug-likeness (QED) is 0.424. The summed E-state index contributed by atoms with van der Waals surface area (Å²) in [6.45, 7) is 1.86. The molecule has 0 saturated heterocycles. The van der Waals surface area contributed by atoms with Gasteiger partial charge >= 0.3 is 0 Å². The molecule has 0 saturated carbocycles. The summed E-state index contributed by atoms with van der Waals surface area (Å²) in [5.41, 5.74) is 4.40. The van der Waals surface area contributed by atoms with Crippen LogP contribution < -0.4 is 14.8 Å². The molecular weight excluding hydrogens is 412 g/mol. The second-order valence-corrected chi connectivity index (χ2v) is 6.85. The standard InChI is InChI=1S/C25H22N2O3.ClH/c1-16-23(25(28)27-21-15-18(29-2)13-14-22(21)30-3)24(17-9-5-4-6-10-17)19-11-7-8-12-20(19)26-16;/h4-15H,1-3H3,(H,27,28);1H. The van der Waals surface area contributed by atoms with Gasteiger partial charge in [0, 0.05) is 17.0 Å². The first-order valence-corrected chi connectivity index (χ1v) is 9.60. The van der Waals surface area contributed by atoms with Crippen molar-refractivity contribution in [2.45, 2.75) is 6.92 Å². The van der Waals surface area contributed by atoms with Gasteiger partial charge in [-0.15, -0.1) is 12.4 Å². The number of methoxy groups -OCH3 is 2. The van der Waals surface area contributed by atoms with E-state index in [0.717, 1.165) is 22.0 Å². The minimum Gasteiger partial charge on any atom is -0.497 e. The Labute approximate surface area is 187 Å². The van der Waals surface area contributed by atoms with Crippen LogP contribution >= 0.6 is 12.4 Å². The van der Waals surface area contributed by atoms with Crippen LogP contribution in [0.2, 0.25) is 0 Å². The molecule has 0 bridgehead atoms. The molecule has 4 rings (SSSR count). The lowest BCUT2D eigenvalue weighted by Gasteiger charge is -2.17. The molecule has 0 aliphatic rings. The smallest absolute Gasteiger partial charge is 0.258 e. The zero-order valence-electron chi connectivity index (χ0n) is 17.5. The number of aromatic nitrogens is 1. The maximum absolute atomic E-state index is 13.5. The summed E-state index contributed by atoms with van der Waals surface area (Å²) in [5.74, 6) is 0.927. The molecule has 0 unspecified atom stereocenters. The summed E-state index contributed by atoms with van der Waals surface area (Å²) in [5, 5.41) is 3.91. The highest BCUT2D eigenvalue weighted by molar-refractivity contribution is 6.14. The summed E-state index contributed by atoms with van der Waals surface area (Å²) >= 11 is 0. The predicted molar refractivity (Wildman–Crippen MR) is 127 cm³/mol. The van der Waals surface area contributed by atoms with Crippen LogP contribution in [0, 0.1) is 6.92 Å². The largest absolute Gasteiger partial charge is 0.497 e. The Hall–Kier alpha value is -3.57. The first kappa shape index (κ1) is 22.1. The van der Waals surface area contributed by atoms with Crippen molar-refractivity contribution in [1.82, 2.24) is 4.98 Å².